The van der Waals surface area contributed by atoms with Gasteiger partial charge in [0.1, 0.15) is 11.2 Å². The zero-order chi connectivity index (χ0) is 16.2. The zero-order valence-corrected chi connectivity index (χ0v) is 12.8. The van der Waals surface area contributed by atoms with E-state index in [1.165, 1.54) is 19.2 Å². The molecular formula is C15H19FO5. The second-order valence-electron chi connectivity index (χ2n) is 5.23. The normalized spacial score (nSPS) is 11.0. The van der Waals surface area contributed by atoms with Crippen LogP contribution in [0, 0.1) is 5.82 Å². The molecule has 0 aromatic heterocycles. The third-order valence-electron chi connectivity index (χ3n) is 2.42. The topological polar surface area (TPSA) is 61.8 Å². The van der Waals surface area contributed by atoms with Crippen molar-refractivity contribution in [2.45, 2.75) is 33.3 Å². The Balaban J connectivity index is 3.22. The molecule has 0 saturated heterocycles. The molecule has 1 aromatic rings. The van der Waals surface area contributed by atoms with Gasteiger partial charge in [-0.3, -0.25) is 0 Å². The number of hydrogen-bond donors (Lipinski definition) is 0. The Labute approximate surface area is 123 Å². The Morgan fingerprint density at radius 2 is 1.71 bits per heavy atom. The Morgan fingerprint density at radius 1 is 1.14 bits per heavy atom. The fraction of sp³-hybridized carbons (Fsp3) is 0.467. The molecule has 0 aliphatic carbocycles. The van der Waals surface area contributed by atoms with E-state index in [0.717, 1.165) is 0 Å². The lowest BCUT2D eigenvalue weighted by atomic mass is 10.1. The Kier molecular flexibility index (Phi) is 5.29. The third-order valence-corrected chi connectivity index (χ3v) is 2.42. The van der Waals surface area contributed by atoms with Crippen molar-refractivity contribution < 1.29 is 28.2 Å². The van der Waals surface area contributed by atoms with Crippen molar-refractivity contribution in [2.75, 3.05) is 13.7 Å². The molecule has 116 valence electrons. The minimum atomic E-state index is -0.947. The molecule has 21 heavy (non-hydrogen) atoms. The van der Waals surface area contributed by atoms with Gasteiger partial charge >= 0.3 is 11.9 Å². The first kappa shape index (κ1) is 16.9. The van der Waals surface area contributed by atoms with E-state index in [1.54, 1.807) is 27.7 Å². The van der Waals surface area contributed by atoms with Crippen LogP contribution in [-0.4, -0.2) is 31.3 Å². The molecule has 0 unspecified atom stereocenters. The van der Waals surface area contributed by atoms with Gasteiger partial charge in [-0.1, -0.05) is 0 Å². The van der Waals surface area contributed by atoms with Crippen LogP contribution in [0.25, 0.3) is 0 Å². The van der Waals surface area contributed by atoms with E-state index in [9.17, 15) is 14.0 Å². The average Bonchev–Trinajstić information content (AvgIpc) is 2.36. The number of hydrogen-bond acceptors (Lipinski definition) is 5. The largest absolute Gasteiger partial charge is 0.493 e. The minimum Gasteiger partial charge on any atom is -0.493 e. The van der Waals surface area contributed by atoms with Gasteiger partial charge in [0, 0.05) is 0 Å². The summed E-state index contributed by atoms with van der Waals surface area (Å²) in [6.45, 7) is 6.81. The van der Waals surface area contributed by atoms with Crippen LogP contribution in [0.1, 0.15) is 48.4 Å². The lowest BCUT2D eigenvalue weighted by Gasteiger charge is -2.20. The molecule has 5 nitrogen and oxygen atoms in total. The fourth-order valence-corrected chi connectivity index (χ4v) is 1.62. The summed E-state index contributed by atoms with van der Waals surface area (Å²) in [7, 11) is 1.21. The predicted molar refractivity (Wildman–Crippen MR) is 74.1 cm³/mol. The first-order valence-electron chi connectivity index (χ1n) is 6.48. The van der Waals surface area contributed by atoms with Gasteiger partial charge in [-0.2, -0.15) is 0 Å². The van der Waals surface area contributed by atoms with E-state index >= 15 is 0 Å². The minimum absolute atomic E-state index is 0.0795. The van der Waals surface area contributed by atoms with E-state index in [2.05, 4.69) is 0 Å². The highest BCUT2D eigenvalue weighted by Crippen LogP contribution is 2.27. The van der Waals surface area contributed by atoms with Gasteiger partial charge in [-0.05, 0) is 39.8 Å². The number of carbonyl (C=O) groups is 2. The quantitative estimate of drug-likeness (QED) is 0.800. The van der Waals surface area contributed by atoms with Crippen LogP contribution >= 0.6 is 0 Å². The summed E-state index contributed by atoms with van der Waals surface area (Å²) in [6.07, 6.45) is 0. The van der Waals surface area contributed by atoms with Crippen LogP contribution in [-0.2, 0) is 9.47 Å². The summed E-state index contributed by atoms with van der Waals surface area (Å²) in [5, 5.41) is 0. The van der Waals surface area contributed by atoms with Crippen LogP contribution in [0.15, 0.2) is 12.1 Å². The van der Waals surface area contributed by atoms with Crippen LogP contribution in [0.3, 0.4) is 0 Å². The van der Waals surface area contributed by atoms with Crippen molar-refractivity contribution in [1.29, 1.82) is 0 Å². The van der Waals surface area contributed by atoms with Gasteiger partial charge in [0.15, 0.2) is 11.6 Å². The molecule has 0 atom stereocenters. The summed E-state index contributed by atoms with van der Waals surface area (Å²) in [5.74, 6) is -2.83. The van der Waals surface area contributed by atoms with Crippen molar-refractivity contribution in [3.05, 3.63) is 29.1 Å². The monoisotopic (exact) mass is 298 g/mol. The van der Waals surface area contributed by atoms with Crippen molar-refractivity contribution in [2.24, 2.45) is 0 Å². The molecule has 0 heterocycles. The Hall–Kier alpha value is -2.11. The Morgan fingerprint density at radius 3 is 2.19 bits per heavy atom. The first-order chi connectivity index (χ1) is 9.71. The number of carbonyl (C=O) groups excluding carboxylic acids is 2. The highest BCUT2D eigenvalue weighted by molar-refractivity contribution is 5.96. The third kappa shape index (κ3) is 4.18. The van der Waals surface area contributed by atoms with E-state index in [1.807, 2.05) is 0 Å². The number of ether oxygens (including phenoxy) is 3. The van der Waals surface area contributed by atoms with Crippen molar-refractivity contribution >= 4 is 11.9 Å². The van der Waals surface area contributed by atoms with Crippen molar-refractivity contribution in [3.63, 3.8) is 0 Å². The summed E-state index contributed by atoms with van der Waals surface area (Å²) in [4.78, 5) is 23.6. The summed E-state index contributed by atoms with van der Waals surface area (Å²) in [5.41, 5.74) is -1.13. The van der Waals surface area contributed by atoms with Crippen molar-refractivity contribution in [3.8, 4) is 5.75 Å². The number of rotatable bonds is 4. The van der Waals surface area contributed by atoms with Crippen molar-refractivity contribution in [1.82, 2.24) is 0 Å². The molecule has 0 saturated carbocycles. The molecule has 0 aliphatic rings. The molecule has 0 bridgehead atoms. The van der Waals surface area contributed by atoms with Crippen LogP contribution in [0.4, 0.5) is 4.39 Å². The number of esters is 2. The molecule has 1 aromatic carbocycles. The maximum Gasteiger partial charge on any atom is 0.342 e. The second-order valence-corrected chi connectivity index (χ2v) is 5.23. The molecule has 0 amide bonds. The van der Waals surface area contributed by atoms with E-state index in [-0.39, 0.29) is 23.5 Å². The predicted octanol–water partition coefficient (Wildman–Crippen LogP) is 2.97. The molecule has 0 aliphatic heterocycles. The van der Waals surface area contributed by atoms with Crippen LogP contribution < -0.4 is 4.74 Å². The van der Waals surface area contributed by atoms with E-state index < -0.39 is 23.4 Å². The molecule has 0 radical (unpaired) electrons. The van der Waals surface area contributed by atoms with Crippen LogP contribution in [0.5, 0.6) is 5.75 Å². The summed E-state index contributed by atoms with van der Waals surface area (Å²) in [6, 6.07) is 2.46. The van der Waals surface area contributed by atoms with Gasteiger partial charge in [0.05, 0.1) is 19.3 Å². The van der Waals surface area contributed by atoms with Gasteiger partial charge in [0.2, 0.25) is 0 Å². The van der Waals surface area contributed by atoms with Crippen LogP contribution in [0.2, 0.25) is 0 Å². The van der Waals surface area contributed by atoms with E-state index in [4.69, 9.17) is 14.2 Å². The van der Waals surface area contributed by atoms with Gasteiger partial charge in [0.25, 0.3) is 0 Å². The van der Waals surface area contributed by atoms with E-state index in [0.29, 0.717) is 0 Å². The average molecular weight is 298 g/mol. The fourth-order valence-electron chi connectivity index (χ4n) is 1.62. The summed E-state index contributed by atoms with van der Waals surface area (Å²) >= 11 is 0. The van der Waals surface area contributed by atoms with Gasteiger partial charge < -0.3 is 14.2 Å². The maximum absolute atomic E-state index is 14.3. The highest BCUT2D eigenvalue weighted by Gasteiger charge is 2.26. The Bertz CT molecular complexity index is 546. The highest BCUT2D eigenvalue weighted by atomic mass is 19.1. The van der Waals surface area contributed by atoms with Gasteiger partial charge in [-0.15, -0.1) is 0 Å². The molecule has 1 rings (SSSR count). The number of methoxy groups -OCH3 is 1. The number of halogens is 1. The molecule has 0 N–H and O–H groups in total. The molecule has 0 spiro atoms. The lowest BCUT2D eigenvalue weighted by Crippen LogP contribution is -2.24. The SMILES string of the molecule is CCOC(=O)c1ccc(C(=O)OC(C)(C)C)c(F)c1OC. The maximum atomic E-state index is 14.3. The smallest absolute Gasteiger partial charge is 0.342 e. The molecule has 0 fully saturated rings. The first-order valence-corrected chi connectivity index (χ1v) is 6.48. The lowest BCUT2D eigenvalue weighted by molar-refractivity contribution is 0.00632. The molecule has 6 heteroatoms. The number of benzene rings is 1. The summed E-state index contributed by atoms with van der Waals surface area (Å²) < 4.78 is 29.1. The standard InChI is InChI=1S/C15H19FO5/c1-6-20-13(17)10-8-7-9(11(16)12(10)19-5)14(18)21-15(2,3)4/h7-8H,6H2,1-5H3. The zero-order valence-electron chi connectivity index (χ0n) is 12.8. The van der Waals surface area contributed by atoms with Gasteiger partial charge in [-0.25, -0.2) is 14.0 Å². The second kappa shape index (κ2) is 6.56. The molecular weight excluding hydrogens is 279 g/mol.